The van der Waals surface area contributed by atoms with Crippen molar-refractivity contribution >= 4 is 39.3 Å². The average Bonchev–Trinajstić information content (AvgIpc) is 3.30. The highest BCUT2D eigenvalue weighted by molar-refractivity contribution is 8.00. The van der Waals surface area contributed by atoms with Gasteiger partial charge in [0.05, 0.1) is 16.3 Å². The van der Waals surface area contributed by atoms with Crippen molar-refractivity contribution in [2.45, 2.75) is 60.8 Å². The highest BCUT2D eigenvalue weighted by Gasteiger charge is 2.33. The Morgan fingerprint density at radius 2 is 1.83 bits per heavy atom. The molecular weight excluding hydrogens is 422 g/mol. The van der Waals surface area contributed by atoms with E-state index in [4.69, 9.17) is 0 Å². The molecule has 1 aromatic rings. The molecule has 0 atom stereocenters. The van der Waals surface area contributed by atoms with Crippen molar-refractivity contribution in [3.63, 3.8) is 0 Å². The van der Waals surface area contributed by atoms with E-state index < -0.39 is 10.0 Å². The van der Waals surface area contributed by atoms with Gasteiger partial charge in [-0.2, -0.15) is 4.31 Å². The van der Waals surface area contributed by atoms with E-state index in [2.05, 4.69) is 0 Å². The Balaban J connectivity index is 1.61. The number of amides is 2. The van der Waals surface area contributed by atoms with E-state index >= 15 is 0 Å². The van der Waals surface area contributed by atoms with Gasteiger partial charge in [-0.1, -0.05) is 19.3 Å². The third-order valence-electron chi connectivity index (χ3n) is 6.39. The Morgan fingerprint density at radius 1 is 1.13 bits per heavy atom. The topological polar surface area (TPSA) is 78.0 Å². The number of rotatable bonds is 5. The van der Waals surface area contributed by atoms with Crippen LogP contribution in [0.2, 0.25) is 0 Å². The normalized spacial score (nSPS) is 20.7. The second-order valence-electron chi connectivity index (χ2n) is 8.30. The van der Waals surface area contributed by atoms with Gasteiger partial charge in [-0.25, -0.2) is 8.42 Å². The number of likely N-dealkylation sites (tertiary alicyclic amines) is 1. The van der Waals surface area contributed by atoms with Gasteiger partial charge >= 0.3 is 0 Å². The number of anilines is 1. The zero-order valence-corrected chi connectivity index (χ0v) is 19.0. The molecule has 7 nitrogen and oxygen atoms in total. The highest BCUT2D eigenvalue weighted by Crippen LogP contribution is 2.38. The second-order valence-corrected chi connectivity index (χ2v) is 11.3. The first kappa shape index (κ1) is 21.6. The number of carbonyl (C=O) groups is 2. The monoisotopic (exact) mass is 451 g/mol. The summed E-state index contributed by atoms with van der Waals surface area (Å²) in [5, 5.41) is 0. The summed E-state index contributed by atoms with van der Waals surface area (Å²) in [5.41, 5.74) is 0.530. The molecule has 3 aliphatic rings. The van der Waals surface area contributed by atoms with E-state index in [-0.39, 0.29) is 35.0 Å². The molecule has 4 rings (SSSR count). The third-order valence-corrected chi connectivity index (χ3v) is 9.35. The fourth-order valence-electron chi connectivity index (χ4n) is 4.52. The summed E-state index contributed by atoms with van der Waals surface area (Å²) in [4.78, 5) is 29.6. The van der Waals surface area contributed by atoms with E-state index in [1.54, 1.807) is 30.1 Å². The number of thioether (sulfide) groups is 1. The number of hydrogen-bond donors (Lipinski definition) is 0. The minimum absolute atomic E-state index is 0.0173. The minimum atomic E-state index is -3.67. The Morgan fingerprint density at radius 3 is 2.53 bits per heavy atom. The Hall–Kier alpha value is -1.58. The maximum Gasteiger partial charge on any atom is 0.243 e. The maximum atomic E-state index is 13.3. The quantitative estimate of drug-likeness (QED) is 0.688. The Bertz CT molecular complexity index is 922. The third kappa shape index (κ3) is 4.24. The first-order chi connectivity index (χ1) is 14.4. The standard InChI is InChI=1S/C21H29N3O4S2/c1-22(16-7-3-2-4-8-16)30(27,28)17-9-10-19-18(13-17)24(21(26)15-29-19)14-20(25)23-11-5-6-12-23/h9-10,13,16H,2-8,11-12,14-15H2,1H3. The lowest BCUT2D eigenvalue weighted by molar-refractivity contribution is -0.130. The van der Waals surface area contributed by atoms with Crippen molar-refractivity contribution < 1.29 is 18.0 Å². The molecule has 1 aromatic carbocycles. The molecule has 0 radical (unpaired) electrons. The lowest BCUT2D eigenvalue weighted by atomic mass is 9.96. The first-order valence-electron chi connectivity index (χ1n) is 10.7. The van der Waals surface area contributed by atoms with E-state index in [1.807, 2.05) is 0 Å². The lowest BCUT2D eigenvalue weighted by Crippen LogP contribution is -2.44. The molecule has 1 saturated carbocycles. The van der Waals surface area contributed by atoms with Crippen molar-refractivity contribution in [3.05, 3.63) is 18.2 Å². The van der Waals surface area contributed by atoms with Gasteiger partial charge < -0.3 is 9.80 Å². The van der Waals surface area contributed by atoms with Crippen LogP contribution in [0.25, 0.3) is 0 Å². The second kappa shape index (κ2) is 8.88. The number of hydrogen-bond acceptors (Lipinski definition) is 5. The summed E-state index contributed by atoms with van der Waals surface area (Å²) in [5.74, 6) is 0.0236. The molecular formula is C21H29N3O4S2. The van der Waals surface area contributed by atoms with Gasteiger partial charge in [0.2, 0.25) is 21.8 Å². The fraction of sp³-hybridized carbons (Fsp3) is 0.619. The molecule has 0 bridgehead atoms. The van der Waals surface area contributed by atoms with Crippen LogP contribution in [-0.2, 0) is 19.6 Å². The van der Waals surface area contributed by atoms with Crippen molar-refractivity contribution in [1.82, 2.24) is 9.21 Å². The van der Waals surface area contributed by atoms with Gasteiger partial charge in [0.15, 0.2) is 0 Å². The number of sulfonamides is 1. The van der Waals surface area contributed by atoms with Crippen molar-refractivity contribution in [2.75, 3.05) is 37.3 Å². The zero-order valence-electron chi connectivity index (χ0n) is 17.4. The van der Waals surface area contributed by atoms with Crippen molar-refractivity contribution in [1.29, 1.82) is 0 Å². The first-order valence-corrected chi connectivity index (χ1v) is 13.1. The van der Waals surface area contributed by atoms with Crippen LogP contribution in [0.15, 0.2) is 28.0 Å². The van der Waals surface area contributed by atoms with Gasteiger partial charge in [0, 0.05) is 31.1 Å². The molecule has 0 aromatic heterocycles. The number of fused-ring (bicyclic) bond motifs is 1. The van der Waals surface area contributed by atoms with E-state index in [0.29, 0.717) is 5.69 Å². The van der Waals surface area contributed by atoms with Crippen LogP contribution >= 0.6 is 11.8 Å². The van der Waals surface area contributed by atoms with Crippen LogP contribution in [-0.4, -0.2) is 67.9 Å². The highest BCUT2D eigenvalue weighted by atomic mass is 32.2. The molecule has 0 unspecified atom stereocenters. The SMILES string of the molecule is CN(C1CCCCC1)S(=O)(=O)c1ccc2c(c1)N(CC(=O)N1CCCC1)C(=O)CS2. The van der Waals surface area contributed by atoms with E-state index in [9.17, 15) is 18.0 Å². The van der Waals surface area contributed by atoms with Gasteiger partial charge in [0.1, 0.15) is 6.54 Å². The summed E-state index contributed by atoms with van der Waals surface area (Å²) in [7, 11) is -2.01. The lowest BCUT2D eigenvalue weighted by Gasteiger charge is -2.32. The van der Waals surface area contributed by atoms with Crippen LogP contribution in [0.3, 0.4) is 0 Å². The Labute approximate surface area is 182 Å². The molecule has 1 aliphatic carbocycles. The predicted molar refractivity (Wildman–Crippen MR) is 117 cm³/mol. The number of benzene rings is 1. The summed E-state index contributed by atoms with van der Waals surface area (Å²) in [6.07, 6.45) is 6.99. The molecule has 9 heteroatoms. The van der Waals surface area contributed by atoms with E-state index in [1.165, 1.54) is 21.0 Å². The van der Waals surface area contributed by atoms with Crippen LogP contribution in [0, 0.1) is 0 Å². The summed E-state index contributed by atoms with van der Waals surface area (Å²) in [6.45, 7) is 1.42. The largest absolute Gasteiger partial charge is 0.341 e. The fourth-order valence-corrected chi connectivity index (χ4v) is 6.88. The van der Waals surface area contributed by atoms with Crippen LogP contribution < -0.4 is 4.90 Å². The molecule has 30 heavy (non-hydrogen) atoms. The summed E-state index contributed by atoms with van der Waals surface area (Å²) >= 11 is 1.39. The smallest absolute Gasteiger partial charge is 0.243 e. The number of carbonyl (C=O) groups excluding carboxylic acids is 2. The van der Waals surface area contributed by atoms with Crippen molar-refractivity contribution in [2.24, 2.45) is 0 Å². The predicted octanol–water partition coefficient (Wildman–Crippen LogP) is 2.70. The van der Waals surface area contributed by atoms with Gasteiger partial charge in [-0.3, -0.25) is 9.59 Å². The van der Waals surface area contributed by atoms with Crippen LogP contribution in [0.4, 0.5) is 5.69 Å². The molecule has 2 heterocycles. The van der Waals surface area contributed by atoms with Crippen LogP contribution in [0.1, 0.15) is 44.9 Å². The summed E-state index contributed by atoms with van der Waals surface area (Å²) < 4.78 is 28.0. The summed E-state index contributed by atoms with van der Waals surface area (Å²) in [6, 6.07) is 4.98. The van der Waals surface area contributed by atoms with Crippen molar-refractivity contribution in [3.8, 4) is 0 Å². The average molecular weight is 452 g/mol. The number of nitrogens with zero attached hydrogens (tertiary/aromatic N) is 3. The van der Waals surface area contributed by atoms with E-state index in [0.717, 1.165) is 62.9 Å². The van der Waals surface area contributed by atoms with Crippen LogP contribution in [0.5, 0.6) is 0 Å². The molecule has 2 amide bonds. The van der Waals surface area contributed by atoms with Gasteiger partial charge in [-0.15, -0.1) is 11.8 Å². The molecule has 1 saturated heterocycles. The Kier molecular flexibility index (Phi) is 6.41. The zero-order chi connectivity index (χ0) is 21.3. The maximum absolute atomic E-state index is 13.3. The minimum Gasteiger partial charge on any atom is -0.341 e. The van der Waals surface area contributed by atoms with Gasteiger partial charge in [0.25, 0.3) is 0 Å². The molecule has 0 N–H and O–H groups in total. The molecule has 0 spiro atoms. The molecule has 2 fully saturated rings. The molecule has 2 aliphatic heterocycles. The molecule has 164 valence electrons. The van der Waals surface area contributed by atoms with Gasteiger partial charge in [-0.05, 0) is 43.9 Å².